The van der Waals surface area contributed by atoms with E-state index in [0.717, 1.165) is 11.1 Å². The molecule has 32 heavy (non-hydrogen) atoms. The molecule has 2 unspecified atom stereocenters. The largest absolute Gasteiger partial charge is 0.433 e. The van der Waals surface area contributed by atoms with Crippen LogP contribution in [0, 0.1) is 23.7 Å². The predicted molar refractivity (Wildman–Crippen MR) is 118 cm³/mol. The lowest BCUT2D eigenvalue weighted by Gasteiger charge is -2.39. The van der Waals surface area contributed by atoms with Gasteiger partial charge in [-0.15, -0.1) is 11.8 Å². The Morgan fingerprint density at radius 2 is 1.88 bits per heavy atom. The smallest absolute Gasteiger partial charge is 0.384 e. The third kappa shape index (κ3) is 5.10. The Morgan fingerprint density at radius 3 is 2.44 bits per heavy atom. The molecule has 1 fully saturated rings. The summed E-state index contributed by atoms with van der Waals surface area (Å²) in [6.07, 6.45) is -2.23. The fourth-order valence-electron chi connectivity index (χ4n) is 3.26. The zero-order valence-electron chi connectivity index (χ0n) is 17.5. The lowest BCUT2D eigenvalue weighted by molar-refractivity contribution is -0.240. The van der Waals surface area contributed by atoms with Gasteiger partial charge in [0.2, 0.25) is 5.60 Å². The molecule has 1 saturated heterocycles. The highest BCUT2D eigenvalue weighted by atomic mass is 32.2. The molecule has 168 valence electrons. The molecule has 10 heteroatoms. The molecule has 2 aromatic rings. The number of nitrogens with two attached hydrogens (primary N) is 1. The van der Waals surface area contributed by atoms with Crippen molar-refractivity contribution in [2.45, 2.75) is 36.6 Å². The van der Waals surface area contributed by atoms with Crippen LogP contribution < -0.4 is 10.6 Å². The number of anilines is 2. The van der Waals surface area contributed by atoms with Crippen molar-refractivity contribution >= 4 is 23.6 Å². The number of nitrogen functional groups attached to an aromatic ring is 1. The number of hydrogen-bond donors (Lipinski definition) is 2. The maximum Gasteiger partial charge on any atom is 0.433 e. The fourth-order valence-corrected chi connectivity index (χ4v) is 4.17. The number of alkyl halides is 3. The quantitative estimate of drug-likeness (QED) is 0.535. The molecule has 3 heterocycles. The molecule has 0 saturated carbocycles. The van der Waals surface area contributed by atoms with Gasteiger partial charge in [-0.1, -0.05) is 11.8 Å². The van der Waals surface area contributed by atoms with Crippen molar-refractivity contribution in [2.24, 2.45) is 0 Å². The molecule has 2 atom stereocenters. The van der Waals surface area contributed by atoms with E-state index in [2.05, 4.69) is 32.0 Å². The third-order valence-electron chi connectivity index (χ3n) is 4.82. The highest BCUT2D eigenvalue weighted by Gasteiger charge is 2.54. The van der Waals surface area contributed by atoms with Gasteiger partial charge in [-0.05, 0) is 50.1 Å². The molecule has 1 aliphatic rings. The fraction of sp³-hybridized carbons (Fsp3) is 0.364. The molecular formula is C22H22F3N5OS. The Morgan fingerprint density at radius 1 is 1.09 bits per heavy atom. The SMILES string of the molecule is CC#CC1CN(Sc2ccc(N)nc2)CCN1c1ccc(C(O)(C#CC)C(F)(F)F)cn1. The minimum absolute atomic E-state index is 0.210. The summed E-state index contributed by atoms with van der Waals surface area (Å²) in [6.45, 7) is 4.81. The van der Waals surface area contributed by atoms with Gasteiger partial charge in [0.15, 0.2) is 0 Å². The molecule has 2 aromatic heterocycles. The van der Waals surface area contributed by atoms with Crippen molar-refractivity contribution < 1.29 is 18.3 Å². The Kier molecular flexibility index (Phi) is 7.19. The van der Waals surface area contributed by atoms with Gasteiger partial charge < -0.3 is 15.7 Å². The molecule has 6 nitrogen and oxygen atoms in total. The number of halogens is 3. The number of pyridine rings is 2. The van der Waals surface area contributed by atoms with Gasteiger partial charge in [-0.2, -0.15) is 13.2 Å². The van der Waals surface area contributed by atoms with E-state index in [1.54, 1.807) is 31.1 Å². The Balaban J connectivity index is 1.79. The topological polar surface area (TPSA) is 78.5 Å². The maximum atomic E-state index is 13.4. The molecule has 0 radical (unpaired) electrons. The van der Waals surface area contributed by atoms with Crippen molar-refractivity contribution in [3.8, 4) is 23.7 Å². The molecule has 0 bridgehead atoms. The van der Waals surface area contributed by atoms with Crippen LogP contribution in [-0.2, 0) is 5.60 Å². The van der Waals surface area contributed by atoms with Gasteiger partial charge in [0.05, 0.1) is 0 Å². The Labute approximate surface area is 189 Å². The van der Waals surface area contributed by atoms with E-state index in [4.69, 9.17) is 5.73 Å². The van der Waals surface area contributed by atoms with Crippen molar-refractivity contribution in [1.82, 2.24) is 14.3 Å². The summed E-state index contributed by atoms with van der Waals surface area (Å²) in [5.74, 6) is 11.0. The number of hydrogen-bond acceptors (Lipinski definition) is 7. The van der Waals surface area contributed by atoms with Crippen LogP contribution in [0.15, 0.2) is 41.6 Å². The summed E-state index contributed by atoms with van der Waals surface area (Å²) in [5, 5.41) is 10.2. The summed E-state index contributed by atoms with van der Waals surface area (Å²) in [7, 11) is 0. The van der Waals surface area contributed by atoms with E-state index in [0.29, 0.717) is 31.3 Å². The number of aliphatic hydroxyl groups is 1. The molecule has 0 amide bonds. The van der Waals surface area contributed by atoms with Crippen LogP contribution in [0.4, 0.5) is 24.8 Å². The zero-order chi connectivity index (χ0) is 23.4. The number of aromatic nitrogens is 2. The number of rotatable bonds is 4. The first-order valence-electron chi connectivity index (χ1n) is 9.71. The highest BCUT2D eigenvalue weighted by molar-refractivity contribution is 7.97. The van der Waals surface area contributed by atoms with Gasteiger partial charge in [-0.3, -0.25) is 0 Å². The van der Waals surface area contributed by atoms with Crippen molar-refractivity contribution in [3.63, 3.8) is 0 Å². The highest BCUT2D eigenvalue weighted by Crippen LogP contribution is 2.38. The first-order valence-corrected chi connectivity index (χ1v) is 10.5. The summed E-state index contributed by atoms with van der Waals surface area (Å²) in [6, 6.07) is 6.08. The maximum absolute atomic E-state index is 13.4. The van der Waals surface area contributed by atoms with Crippen LogP contribution in [0.1, 0.15) is 19.4 Å². The second-order valence-electron chi connectivity index (χ2n) is 6.99. The molecule has 1 aliphatic heterocycles. The number of nitrogens with zero attached hydrogens (tertiary/aromatic N) is 4. The van der Waals surface area contributed by atoms with Crippen molar-refractivity contribution in [3.05, 3.63) is 42.2 Å². The standard InChI is InChI=1S/C22H22F3N5OS/c1-3-5-17-15-29(32-18-7-8-19(26)27-14-18)11-12-30(17)20-9-6-16(13-28-20)21(31,10-4-2)22(23,24)25/h6-9,13-14,17,31H,11-12,15H2,1-2H3,(H2,26,27). The van der Waals surface area contributed by atoms with Gasteiger partial charge >= 0.3 is 6.18 Å². The molecule has 0 aliphatic carbocycles. The summed E-state index contributed by atoms with van der Waals surface area (Å²) >= 11 is 1.54. The molecule has 0 spiro atoms. The first kappa shape index (κ1) is 23.7. The van der Waals surface area contributed by atoms with E-state index in [-0.39, 0.29) is 6.04 Å². The van der Waals surface area contributed by atoms with Gasteiger partial charge in [0.1, 0.15) is 17.7 Å². The monoisotopic (exact) mass is 461 g/mol. The lowest BCUT2D eigenvalue weighted by Crippen LogP contribution is -2.51. The average Bonchev–Trinajstić information content (AvgIpc) is 2.75. The van der Waals surface area contributed by atoms with Gasteiger partial charge in [0.25, 0.3) is 0 Å². The third-order valence-corrected chi connectivity index (χ3v) is 5.87. The van der Waals surface area contributed by atoms with Gasteiger partial charge in [-0.25, -0.2) is 14.3 Å². The van der Waals surface area contributed by atoms with Gasteiger partial charge in [0, 0.05) is 42.5 Å². The number of piperazine rings is 1. The van der Waals surface area contributed by atoms with Crippen LogP contribution in [0.2, 0.25) is 0 Å². The van der Waals surface area contributed by atoms with E-state index < -0.39 is 17.3 Å². The summed E-state index contributed by atoms with van der Waals surface area (Å²) < 4.78 is 42.4. The lowest BCUT2D eigenvalue weighted by atomic mass is 9.95. The van der Waals surface area contributed by atoms with Crippen LogP contribution >= 0.6 is 11.9 Å². The van der Waals surface area contributed by atoms with Crippen molar-refractivity contribution in [2.75, 3.05) is 30.3 Å². The second kappa shape index (κ2) is 9.70. The van der Waals surface area contributed by atoms with E-state index in [1.165, 1.54) is 19.1 Å². The molecular weight excluding hydrogens is 439 g/mol. The van der Waals surface area contributed by atoms with Crippen LogP contribution in [-0.4, -0.2) is 51.2 Å². The molecule has 3 N–H and O–H groups in total. The summed E-state index contributed by atoms with van der Waals surface area (Å²) in [5.41, 5.74) is 1.94. The van der Waals surface area contributed by atoms with Crippen LogP contribution in [0.25, 0.3) is 0 Å². The molecule has 0 aromatic carbocycles. The van der Waals surface area contributed by atoms with E-state index >= 15 is 0 Å². The minimum Gasteiger partial charge on any atom is -0.384 e. The zero-order valence-corrected chi connectivity index (χ0v) is 18.3. The van der Waals surface area contributed by atoms with Crippen molar-refractivity contribution in [1.29, 1.82) is 0 Å². The average molecular weight is 462 g/mol. The normalized spacial score (nSPS) is 18.7. The van der Waals surface area contributed by atoms with Crippen LogP contribution in [0.3, 0.4) is 0 Å². The second-order valence-corrected chi connectivity index (χ2v) is 8.16. The molecule has 3 rings (SSSR count). The van der Waals surface area contributed by atoms with E-state index in [9.17, 15) is 18.3 Å². The van der Waals surface area contributed by atoms with E-state index in [1.807, 2.05) is 16.9 Å². The first-order chi connectivity index (χ1) is 15.2. The summed E-state index contributed by atoms with van der Waals surface area (Å²) in [4.78, 5) is 11.2. The Bertz CT molecular complexity index is 1050. The van der Waals surface area contributed by atoms with Crippen LogP contribution in [0.5, 0.6) is 0 Å². The minimum atomic E-state index is -4.95. The predicted octanol–water partition coefficient (Wildman–Crippen LogP) is 3.05. The Hall–Kier alpha value is -2.92.